The Hall–Kier alpha value is -2.61. The van der Waals surface area contributed by atoms with Gasteiger partial charge < -0.3 is 30.0 Å². The minimum Gasteiger partial charge on any atom is -0.491 e. The van der Waals surface area contributed by atoms with Gasteiger partial charge in [-0.15, -0.1) is 0 Å². The number of hydrogen-bond donors (Lipinski definition) is 3. The zero-order valence-electron chi connectivity index (χ0n) is 20.1. The predicted molar refractivity (Wildman–Crippen MR) is 132 cm³/mol. The summed E-state index contributed by atoms with van der Waals surface area (Å²) in [6.45, 7) is 4.82. The molecule has 1 amide bonds. The molecular formula is C27H38N2O5. The lowest BCUT2D eigenvalue weighted by atomic mass is 10.1. The molecule has 1 fully saturated rings. The smallest absolute Gasteiger partial charge is 0.224 e. The van der Waals surface area contributed by atoms with Crippen LogP contribution in [0.15, 0.2) is 48.5 Å². The van der Waals surface area contributed by atoms with Crippen molar-refractivity contribution in [2.75, 3.05) is 39.5 Å². The summed E-state index contributed by atoms with van der Waals surface area (Å²) in [5, 5.41) is 16.1. The van der Waals surface area contributed by atoms with Crippen LogP contribution in [-0.2, 0) is 16.0 Å². The Bertz CT molecular complexity index is 835. The molecule has 0 aliphatic heterocycles. The fourth-order valence-electron chi connectivity index (χ4n) is 3.83. The standard InChI is InChI=1S/C27H38N2O5/c1-21-6-8-22(9-7-21)18-27(31)29-15-14-28-19-23(30)20-34-26-12-10-25(11-13-26)33-17-16-32-24-4-2-3-5-24/h6-13,23-24,28,30H,2-5,14-20H2,1H3,(H,29,31). The summed E-state index contributed by atoms with van der Waals surface area (Å²) in [4.78, 5) is 12.0. The SMILES string of the molecule is Cc1ccc(CC(=O)NCCNCC(O)COc2ccc(OCCOC3CCCC3)cc2)cc1. The number of rotatable bonds is 15. The molecule has 1 saturated carbocycles. The van der Waals surface area contributed by atoms with Gasteiger partial charge in [0.1, 0.15) is 30.8 Å². The fourth-order valence-corrected chi connectivity index (χ4v) is 3.83. The van der Waals surface area contributed by atoms with E-state index in [4.69, 9.17) is 14.2 Å². The molecule has 2 aromatic rings. The van der Waals surface area contributed by atoms with E-state index in [9.17, 15) is 9.90 Å². The van der Waals surface area contributed by atoms with E-state index in [1.807, 2.05) is 55.5 Å². The number of benzene rings is 2. The predicted octanol–water partition coefficient (Wildman–Crippen LogP) is 3.02. The molecule has 7 nitrogen and oxygen atoms in total. The van der Waals surface area contributed by atoms with E-state index in [-0.39, 0.29) is 12.5 Å². The molecule has 0 aromatic heterocycles. The highest BCUT2D eigenvalue weighted by Gasteiger charge is 2.14. The van der Waals surface area contributed by atoms with Crippen LogP contribution in [0, 0.1) is 6.92 Å². The molecule has 3 rings (SSSR count). The van der Waals surface area contributed by atoms with Crippen molar-refractivity contribution in [1.29, 1.82) is 0 Å². The largest absolute Gasteiger partial charge is 0.491 e. The van der Waals surface area contributed by atoms with Gasteiger partial charge in [-0.2, -0.15) is 0 Å². The van der Waals surface area contributed by atoms with E-state index >= 15 is 0 Å². The van der Waals surface area contributed by atoms with Crippen LogP contribution >= 0.6 is 0 Å². The summed E-state index contributed by atoms with van der Waals surface area (Å²) in [7, 11) is 0. The molecule has 2 aromatic carbocycles. The average Bonchev–Trinajstić information content (AvgIpc) is 3.36. The molecule has 0 spiro atoms. The topological polar surface area (TPSA) is 89.1 Å². The number of carbonyl (C=O) groups excluding carboxylic acids is 1. The molecule has 0 radical (unpaired) electrons. The van der Waals surface area contributed by atoms with Gasteiger partial charge >= 0.3 is 0 Å². The van der Waals surface area contributed by atoms with Gasteiger partial charge in [-0.1, -0.05) is 42.7 Å². The van der Waals surface area contributed by atoms with Gasteiger partial charge in [0.05, 0.1) is 19.1 Å². The Balaban J connectivity index is 1.19. The summed E-state index contributed by atoms with van der Waals surface area (Å²) < 4.78 is 17.1. The van der Waals surface area contributed by atoms with Crippen molar-refractivity contribution in [2.45, 2.75) is 51.2 Å². The van der Waals surface area contributed by atoms with E-state index in [1.165, 1.54) is 31.2 Å². The van der Waals surface area contributed by atoms with Crippen LogP contribution in [0.3, 0.4) is 0 Å². The zero-order chi connectivity index (χ0) is 24.0. The molecule has 0 saturated heterocycles. The molecule has 0 heterocycles. The lowest BCUT2D eigenvalue weighted by Crippen LogP contribution is -2.37. The minimum atomic E-state index is -0.646. The lowest BCUT2D eigenvalue weighted by Gasteiger charge is -2.14. The van der Waals surface area contributed by atoms with Crippen molar-refractivity contribution >= 4 is 5.91 Å². The van der Waals surface area contributed by atoms with Crippen molar-refractivity contribution in [1.82, 2.24) is 10.6 Å². The maximum atomic E-state index is 12.0. The van der Waals surface area contributed by atoms with E-state index in [2.05, 4.69) is 10.6 Å². The normalized spacial score (nSPS) is 14.6. The molecule has 34 heavy (non-hydrogen) atoms. The molecule has 0 bridgehead atoms. The van der Waals surface area contributed by atoms with Gasteiger partial charge in [-0.05, 0) is 49.6 Å². The number of carbonyl (C=O) groups is 1. The lowest BCUT2D eigenvalue weighted by molar-refractivity contribution is -0.120. The first-order valence-corrected chi connectivity index (χ1v) is 12.3. The molecule has 1 unspecified atom stereocenters. The van der Waals surface area contributed by atoms with Gasteiger partial charge in [0.15, 0.2) is 0 Å². The fraction of sp³-hybridized carbons (Fsp3) is 0.519. The molecule has 7 heteroatoms. The molecule has 1 atom stereocenters. The van der Waals surface area contributed by atoms with E-state index < -0.39 is 6.10 Å². The van der Waals surface area contributed by atoms with Crippen LogP contribution < -0.4 is 20.1 Å². The van der Waals surface area contributed by atoms with Crippen LogP contribution in [0.2, 0.25) is 0 Å². The van der Waals surface area contributed by atoms with Crippen LogP contribution in [0.4, 0.5) is 0 Å². The second-order valence-corrected chi connectivity index (χ2v) is 8.78. The number of hydrogen-bond acceptors (Lipinski definition) is 6. The summed E-state index contributed by atoms with van der Waals surface area (Å²) >= 11 is 0. The molecular weight excluding hydrogens is 432 g/mol. The van der Waals surface area contributed by atoms with Crippen LogP contribution in [-0.4, -0.2) is 62.7 Å². The number of amides is 1. The monoisotopic (exact) mass is 470 g/mol. The summed E-state index contributed by atoms with van der Waals surface area (Å²) in [5.74, 6) is 1.44. The average molecular weight is 471 g/mol. The number of ether oxygens (including phenoxy) is 3. The summed E-state index contributed by atoms with van der Waals surface area (Å²) in [6.07, 6.45) is 5.00. The van der Waals surface area contributed by atoms with E-state index in [0.717, 1.165) is 11.3 Å². The molecule has 1 aliphatic carbocycles. The van der Waals surface area contributed by atoms with E-state index in [1.54, 1.807) is 0 Å². The maximum Gasteiger partial charge on any atom is 0.224 e. The number of aliphatic hydroxyl groups is 1. The Morgan fingerprint density at radius 3 is 2.35 bits per heavy atom. The third-order valence-electron chi connectivity index (χ3n) is 5.76. The molecule has 186 valence electrons. The second-order valence-electron chi connectivity index (χ2n) is 8.78. The molecule has 1 aliphatic rings. The third-order valence-corrected chi connectivity index (χ3v) is 5.76. The maximum absolute atomic E-state index is 12.0. The van der Waals surface area contributed by atoms with Crippen LogP contribution in [0.1, 0.15) is 36.8 Å². The summed E-state index contributed by atoms with van der Waals surface area (Å²) in [5.41, 5.74) is 2.17. The van der Waals surface area contributed by atoms with Crippen molar-refractivity contribution in [3.05, 3.63) is 59.7 Å². The second kappa shape index (κ2) is 14.6. The van der Waals surface area contributed by atoms with Gasteiger partial charge in [0.25, 0.3) is 0 Å². The van der Waals surface area contributed by atoms with Gasteiger partial charge in [-0.3, -0.25) is 4.79 Å². The zero-order valence-corrected chi connectivity index (χ0v) is 20.1. The van der Waals surface area contributed by atoms with Gasteiger partial charge in [0, 0.05) is 19.6 Å². The highest BCUT2D eigenvalue weighted by atomic mass is 16.5. The van der Waals surface area contributed by atoms with E-state index in [0.29, 0.717) is 51.1 Å². The highest BCUT2D eigenvalue weighted by Crippen LogP contribution is 2.21. The number of aliphatic hydroxyl groups excluding tert-OH is 1. The molecule has 3 N–H and O–H groups in total. The van der Waals surface area contributed by atoms with Crippen LogP contribution in [0.5, 0.6) is 11.5 Å². The third kappa shape index (κ3) is 10.1. The highest BCUT2D eigenvalue weighted by molar-refractivity contribution is 5.78. The van der Waals surface area contributed by atoms with Gasteiger partial charge in [-0.25, -0.2) is 0 Å². The Kier molecular flexibility index (Phi) is 11.2. The van der Waals surface area contributed by atoms with Gasteiger partial charge in [0.2, 0.25) is 5.91 Å². The number of nitrogens with one attached hydrogen (secondary N) is 2. The van der Waals surface area contributed by atoms with Crippen molar-refractivity contribution in [3.8, 4) is 11.5 Å². The Morgan fingerprint density at radius 1 is 0.971 bits per heavy atom. The first-order valence-electron chi connectivity index (χ1n) is 12.3. The minimum absolute atomic E-state index is 0.0108. The summed E-state index contributed by atoms with van der Waals surface area (Å²) in [6, 6.07) is 15.3. The first kappa shape index (κ1) is 26.0. The van der Waals surface area contributed by atoms with Crippen molar-refractivity contribution in [2.24, 2.45) is 0 Å². The van der Waals surface area contributed by atoms with Crippen molar-refractivity contribution in [3.63, 3.8) is 0 Å². The number of aryl methyl sites for hydroxylation is 1. The Morgan fingerprint density at radius 2 is 1.65 bits per heavy atom. The quantitative estimate of drug-likeness (QED) is 0.347. The van der Waals surface area contributed by atoms with Crippen LogP contribution in [0.25, 0.3) is 0 Å². The van der Waals surface area contributed by atoms with Crippen molar-refractivity contribution < 1.29 is 24.1 Å². The Labute approximate surface area is 202 Å². The first-order chi connectivity index (χ1) is 16.6.